The van der Waals surface area contributed by atoms with Crippen LogP contribution in [0.1, 0.15) is 81.1 Å². The monoisotopic (exact) mass is 308 g/mol. The van der Waals surface area contributed by atoms with Gasteiger partial charge in [0.25, 0.3) is 0 Å². The normalized spacial score (nSPS) is 16.4. The molecule has 0 bridgehead atoms. The van der Waals surface area contributed by atoms with Gasteiger partial charge in [0.05, 0.1) is 0 Å². The minimum absolute atomic E-state index is 1.12. The second-order valence-electron chi connectivity index (χ2n) is 5.93. The molecule has 0 aliphatic rings. The Morgan fingerprint density at radius 1 is 0.524 bits per heavy atom. The van der Waals surface area contributed by atoms with Crippen molar-refractivity contribution in [2.24, 2.45) is 0 Å². The van der Waals surface area contributed by atoms with E-state index in [9.17, 15) is 0 Å². The van der Waals surface area contributed by atoms with Crippen LogP contribution in [0.15, 0.2) is 45.6 Å². The first kappa shape index (κ1) is 20.4. The fourth-order valence-electron chi connectivity index (χ4n) is 3.70. The fraction of sp³-hybridized carbons (Fsp3) is 0.600. The van der Waals surface area contributed by atoms with Crippen molar-refractivity contribution in [3.05, 3.63) is 45.6 Å². The first-order chi connectivity index (χ1) is 9.93. The number of rotatable bonds is 8. The van der Waals surface area contributed by atoms with E-state index < -0.39 is 7.26 Å². The Hall–Kier alpha value is -0.610. The van der Waals surface area contributed by atoms with E-state index in [0.29, 0.717) is 0 Å². The molecular weight excluding hydrogens is 271 g/mol. The van der Waals surface area contributed by atoms with E-state index in [1.54, 1.807) is 21.3 Å². The van der Waals surface area contributed by atoms with E-state index >= 15 is 0 Å². The summed E-state index contributed by atoms with van der Waals surface area (Å²) in [6, 6.07) is 0. The minimum atomic E-state index is -1.85. The zero-order valence-electron chi connectivity index (χ0n) is 15.6. The van der Waals surface area contributed by atoms with Gasteiger partial charge in [-0.15, -0.1) is 0 Å². The van der Waals surface area contributed by atoms with Crippen LogP contribution in [-0.4, -0.2) is 0 Å². The molecule has 21 heavy (non-hydrogen) atoms. The Kier molecular flexibility index (Phi) is 9.88. The Labute approximate surface area is 134 Å². The van der Waals surface area contributed by atoms with Crippen LogP contribution in [0.3, 0.4) is 0 Å². The summed E-state index contributed by atoms with van der Waals surface area (Å²) in [4.78, 5) is 0. The summed E-state index contributed by atoms with van der Waals surface area (Å²) in [5, 5.41) is 6.43. The summed E-state index contributed by atoms with van der Waals surface area (Å²) >= 11 is 0. The molecule has 0 nitrogen and oxygen atoms in total. The number of hydrogen-bond acceptors (Lipinski definition) is 0. The van der Waals surface area contributed by atoms with Crippen LogP contribution in [0.5, 0.6) is 0 Å². The summed E-state index contributed by atoms with van der Waals surface area (Å²) < 4.78 is 0. The van der Waals surface area contributed by atoms with Crippen LogP contribution in [0, 0.1) is 0 Å². The third kappa shape index (κ3) is 4.68. The molecule has 0 aromatic carbocycles. The molecule has 0 saturated heterocycles. The van der Waals surface area contributed by atoms with Crippen LogP contribution in [0.4, 0.5) is 0 Å². The average molecular weight is 308 g/mol. The van der Waals surface area contributed by atoms with Crippen LogP contribution in [0.2, 0.25) is 0 Å². The third-order valence-corrected chi connectivity index (χ3v) is 9.96. The molecule has 0 amide bonds. The zero-order chi connectivity index (χ0) is 16.5. The van der Waals surface area contributed by atoms with E-state index in [-0.39, 0.29) is 0 Å². The average Bonchev–Trinajstić information content (AvgIpc) is 2.40. The molecular formula is C20H37P. The van der Waals surface area contributed by atoms with Crippen molar-refractivity contribution in [2.45, 2.75) is 81.1 Å². The maximum absolute atomic E-state index is 2.46. The fourth-order valence-corrected chi connectivity index (χ4v) is 9.48. The number of allylic oxidation sites excluding steroid dienone is 8. The van der Waals surface area contributed by atoms with E-state index in [4.69, 9.17) is 0 Å². The second kappa shape index (κ2) is 10.2. The molecule has 0 rings (SSSR count). The summed E-state index contributed by atoms with van der Waals surface area (Å²) in [7, 11) is -1.85. The molecule has 0 atom stereocenters. The SMILES string of the molecule is CCC=C(C)[PH](C(C)=CCC)(C(C)=CCC)C(C)=CCC. The molecule has 0 radical (unpaired) electrons. The molecule has 0 unspecified atom stereocenters. The quantitative estimate of drug-likeness (QED) is 0.398. The molecule has 0 saturated carbocycles. The van der Waals surface area contributed by atoms with Crippen LogP contribution in [0.25, 0.3) is 0 Å². The summed E-state index contributed by atoms with van der Waals surface area (Å²) in [5.74, 6) is 0. The van der Waals surface area contributed by atoms with Crippen molar-refractivity contribution in [3.8, 4) is 0 Å². The van der Waals surface area contributed by atoms with Crippen molar-refractivity contribution in [1.82, 2.24) is 0 Å². The topological polar surface area (TPSA) is 0 Å². The molecule has 0 aliphatic heterocycles. The summed E-state index contributed by atoms with van der Waals surface area (Å²) in [6.07, 6.45) is 14.3. The van der Waals surface area contributed by atoms with Gasteiger partial charge in [-0.2, -0.15) is 0 Å². The Balaban J connectivity index is 6.50. The molecule has 0 aliphatic carbocycles. The van der Waals surface area contributed by atoms with Crippen molar-refractivity contribution in [3.63, 3.8) is 0 Å². The van der Waals surface area contributed by atoms with Crippen LogP contribution in [-0.2, 0) is 0 Å². The van der Waals surface area contributed by atoms with Crippen molar-refractivity contribution in [1.29, 1.82) is 0 Å². The summed E-state index contributed by atoms with van der Waals surface area (Å²) in [5.41, 5.74) is 0. The zero-order valence-corrected chi connectivity index (χ0v) is 16.6. The van der Waals surface area contributed by atoms with E-state index in [1.807, 2.05) is 0 Å². The molecule has 122 valence electrons. The standard InChI is InChI=1S/C20H37P/c1-9-13-17(5)21(18(6)14-10-2,19(7)15-11-3)20(8)16-12-4/h13-16,21H,9-12H2,1-8H3. The predicted octanol–water partition coefficient (Wildman–Crippen LogP) is 7.99. The van der Waals surface area contributed by atoms with Gasteiger partial charge in [-0.3, -0.25) is 0 Å². The molecule has 0 spiro atoms. The van der Waals surface area contributed by atoms with Gasteiger partial charge < -0.3 is 0 Å². The molecule has 0 N–H and O–H groups in total. The molecule has 1 heteroatoms. The number of hydrogen-bond donors (Lipinski definition) is 0. The van der Waals surface area contributed by atoms with E-state index in [1.165, 1.54) is 0 Å². The molecule has 0 heterocycles. The van der Waals surface area contributed by atoms with Gasteiger partial charge in [0, 0.05) is 0 Å². The van der Waals surface area contributed by atoms with E-state index in [2.05, 4.69) is 79.7 Å². The van der Waals surface area contributed by atoms with Crippen molar-refractivity contribution < 1.29 is 0 Å². The Bertz CT molecular complexity index is 347. The first-order valence-electron chi connectivity index (χ1n) is 8.62. The molecule has 0 aromatic rings. The van der Waals surface area contributed by atoms with Gasteiger partial charge in [-0.1, -0.05) is 0 Å². The second-order valence-corrected chi connectivity index (χ2v) is 10.6. The van der Waals surface area contributed by atoms with Gasteiger partial charge >= 0.3 is 134 Å². The van der Waals surface area contributed by atoms with Crippen LogP contribution >= 0.6 is 7.26 Å². The molecule has 0 fully saturated rings. The van der Waals surface area contributed by atoms with Gasteiger partial charge in [0.15, 0.2) is 0 Å². The third-order valence-electron chi connectivity index (χ3n) is 4.41. The Morgan fingerprint density at radius 2 is 0.714 bits per heavy atom. The van der Waals surface area contributed by atoms with Gasteiger partial charge in [0.1, 0.15) is 0 Å². The van der Waals surface area contributed by atoms with E-state index in [0.717, 1.165) is 25.7 Å². The van der Waals surface area contributed by atoms with Gasteiger partial charge in [-0.05, 0) is 0 Å². The maximum atomic E-state index is 2.46. The van der Waals surface area contributed by atoms with Gasteiger partial charge in [-0.25, -0.2) is 0 Å². The molecule has 0 aromatic heterocycles. The summed E-state index contributed by atoms with van der Waals surface area (Å²) in [6.45, 7) is 18.5. The van der Waals surface area contributed by atoms with Gasteiger partial charge in [0.2, 0.25) is 0 Å². The van der Waals surface area contributed by atoms with Crippen LogP contribution < -0.4 is 0 Å². The van der Waals surface area contributed by atoms with Crippen molar-refractivity contribution in [2.75, 3.05) is 0 Å². The van der Waals surface area contributed by atoms with Crippen molar-refractivity contribution >= 4 is 7.26 Å². The predicted molar refractivity (Wildman–Crippen MR) is 105 cm³/mol. The first-order valence-corrected chi connectivity index (χ1v) is 10.6. The Morgan fingerprint density at radius 3 is 0.857 bits per heavy atom.